The van der Waals surface area contributed by atoms with Gasteiger partial charge in [-0.15, -0.1) is 0 Å². The van der Waals surface area contributed by atoms with Crippen molar-refractivity contribution < 1.29 is 4.74 Å². The van der Waals surface area contributed by atoms with Crippen LogP contribution in [-0.4, -0.2) is 9.97 Å². The van der Waals surface area contributed by atoms with Crippen molar-refractivity contribution in [3.8, 4) is 5.75 Å². The Morgan fingerprint density at radius 2 is 1.79 bits per heavy atom. The summed E-state index contributed by atoms with van der Waals surface area (Å²) < 4.78 is 5.83. The van der Waals surface area contributed by atoms with Crippen LogP contribution < -0.4 is 10.5 Å². The van der Waals surface area contributed by atoms with E-state index in [0.717, 1.165) is 22.2 Å². The summed E-state index contributed by atoms with van der Waals surface area (Å²) >= 11 is 0. The van der Waals surface area contributed by atoms with E-state index in [9.17, 15) is 0 Å². The SMILES string of the molecule is Nc1ncccc1COc1cccc2ncccc12. The zero-order valence-corrected chi connectivity index (χ0v) is 10.3. The summed E-state index contributed by atoms with van der Waals surface area (Å²) in [6, 6.07) is 13.5. The lowest BCUT2D eigenvalue weighted by Gasteiger charge is -2.09. The average molecular weight is 251 g/mol. The number of aromatic nitrogens is 2. The maximum Gasteiger partial charge on any atom is 0.129 e. The molecule has 0 aliphatic rings. The molecule has 3 rings (SSSR count). The largest absolute Gasteiger partial charge is 0.488 e. The smallest absolute Gasteiger partial charge is 0.129 e. The molecule has 0 amide bonds. The normalized spacial score (nSPS) is 10.5. The van der Waals surface area contributed by atoms with Crippen LogP contribution in [0.4, 0.5) is 5.82 Å². The number of hydrogen-bond acceptors (Lipinski definition) is 4. The molecule has 94 valence electrons. The van der Waals surface area contributed by atoms with Crippen molar-refractivity contribution in [3.63, 3.8) is 0 Å². The van der Waals surface area contributed by atoms with Gasteiger partial charge in [-0.05, 0) is 30.3 Å². The maximum absolute atomic E-state index is 5.83. The van der Waals surface area contributed by atoms with Gasteiger partial charge in [0, 0.05) is 23.3 Å². The minimum atomic E-state index is 0.397. The maximum atomic E-state index is 5.83. The van der Waals surface area contributed by atoms with Gasteiger partial charge in [-0.25, -0.2) is 4.98 Å². The Bertz CT molecular complexity index is 707. The zero-order valence-electron chi connectivity index (χ0n) is 10.3. The Hall–Kier alpha value is -2.62. The van der Waals surface area contributed by atoms with E-state index in [-0.39, 0.29) is 0 Å². The van der Waals surface area contributed by atoms with Crippen molar-refractivity contribution in [2.24, 2.45) is 0 Å². The molecule has 4 heteroatoms. The standard InChI is InChI=1S/C15H13N3O/c16-15-11(4-2-9-18-15)10-19-14-7-1-6-13-12(14)5-3-8-17-13/h1-9H,10H2,(H2,16,18). The van der Waals surface area contributed by atoms with Crippen molar-refractivity contribution in [1.29, 1.82) is 0 Å². The van der Waals surface area contributed by atoms with Crippen LogP contribution in [0.15, 0.2) is 54.9 Å². The summed E-state index contributed by atoms with van der Waals surface area (Å²) in [5.41, 5.74) is 7.59. The van der Waals surface area contributed by atoms with Crippen LogP contribution in [0.3, 0.4) is 0 Å². The molecule has 0 saturated carbocycles. The molecule has 2 aromatic heterocycles. The first-order valence-corrected chi connectivity index (χ1v) is 6.00. The molecule has 0 aliphatic heterocycles. The molecule has 2 heterocycles. The highest BCUT2D eigenvalue weighted by molar-refractivity contribution is 5.84. The van der Waals surface area contributed by atoms with Crippen LogP contribution in [0.5, 0.6) is 5.75 Å². The summed E-state index contributed by atoms with van der Waals surface area (Å²) in [7, 11) is 0. The summed E-state index contributed by atoms with van der Waals surface area (Å²) in [6.45, 7) is 0.397. The predicted molar refractivity (Wildman–Crippen MR) is 74.7 cm³/mol. The van der Waals surface area contributed by atoms with Crippen molar-refractivity contribution in [2.75, 3.05) is 5.73 Å². The van der Waals surface area contributed by atoms with Gasteiger partial charge in [0.15, 0.2) is 0 Å². The molecule has 0 aliphatic carbocycles. The second-order valence-corrected chi connectivity index (χ2v) is 4.16. The van der Waals surface area contributed by atoms with Gasteiger partial charge in [-0.2, -0.15) is 0 Å². The lowest BCUT2D eigenvalue weighted by Crippen LogP contribution is -2.02. The highest BCUT2D eigenvalue weighted by Gasteiger charge is 2.04. The Kier molecular flexibility index (Phi) is 2.98. The number of nitrogens with two attached hydrogens (primary N) is 1. The first-order chi connectivity index (χ1) is 9.34. The molecule has 1 aromatic carbocycles. The molecule has 0 fully saturated rings. The number of hydrogen-bond donors (Lipinski definition) is 1. The van der Waals surface area contributed by atoms with Crippen LogP contribution in [0.2, 0.25) is 0 Å². The molecular weight excluding hydrogens is 238 g/mol. The van der Waals surface area contributed by atoms with Gasteiger partial charge in [0.05, 0.1) is 5.52 Å². The minimum Gasteiger partial charge on any atom is -0.488 e. The third-order valence-electron chi connectivity index (χ3n) is 2.91. The number of nitrogens with zero attached hydrogens (tertiary/aromatic N) is 2. The molecule has 0 unspecified atom stereocenters. The van der Waals surface area contributed by atoms with Crippen molar-refractivity contribution in [3.05, 3.63) is 60.4 Å². The third-order valence-corrected chi connectivity index (χ3v) is 2.91. The van der Waals surface area contributed by atoms with E-state index < -0.39 is 0 Å². The van der Waals surface area contributed by atoms with Gasteiger partial charge in [-0.1, -0.05) is 12.1 Å². The van der Waals surface area contributed by atoms with Gasteiger partial charge in [0.25, 0.3) is 0 Å². The van der Waals surface area contributed by atoms with E-state index in [1.54, 1.807) is 12.4 Å². The fraction of sp³-hybridized carbons (Fsp3) is 0.0667. The second-order valence-electron chi connectivity index (χ2n) is 4.16. The topological polar surface area (TPSA) is 61.0 Å². The second kappa shape index (κ2) is 4.94. The van der Waals surface area contributed by atoms with Crippen molar-refractivity contribution in [2.45, 2.75) is 6.61 Å². The molecule has 0 radical (unpaired) electrons. The van der Waals surface area contributed by atoms with Gasteiger partial charge in [0.1, 0.15) is 18.2 Å². The van der Waals surface area contributed by atoms with Crippen LogP contribution in [0.25, 0.3) is 10.9 Å². The fourth-order valence-electron chi connectivity index (χ4n) is 1.93. The van der Waals surface area contributed by atoms with E-state index >= 15 is 0 Å². The van der Waals surface area contributed by atoms with Crippen molar-refractivity contribution >= 4 is 16.7 Å². The molecule has 0 saturated heterocycles. The van der Waals surface area contributed by atoms with E-state index in [0.29, 0.717) is 12.4 Å². The van der Waals surface area contributed by atoms with Gasteiger partial charge >= 0.3 is 0 Å². The fourth-order valence-corrected chi connectivity index (χ4v) is 1.93. The zero-order chi connectivity index (χ0) is 13.1. The highest BCUT2D eigenvalue weighted by atomic mass is 16.5. The molecular formula is C15H13N3O. The van der Waals surface area contributed by atoms with Crippen LogP contribution in [-0.2, 0) is 6.61 Å². The quantitative estimate of drug-likeness (QED) is 0.777. The van der Waals surface area contributed by atoms with E-state index in [4.69, 9.17) is 10.5 Å². The van der Waals surface area contributed by atoms with Crippen LogP contribution >= 0.6 is 0 Å². The Morgan fingerprint density at radius 3 is 2.68 bits per heavy atom. The van der Waals surface area contributed by atoms with E-state index in [1.807, 2.05) is 42.5 Å². The highest BCUT2D eigenvalue weighted by Crippen LogP contribution is 2.24. The number of ether oxygens (including phenoxy) is 1. The molecule has 19 heavy (non-hydrogen) atoms. The number of anilines is 1. The van der Waals surface area contributed by atoms with Crippen LogP contribution in [0.1, 0.15) is 5.56 Å². The summed E-state index contributed by atoms with van der Waals surface area (Å²) in [5.74, 6) is 1.30. The molecule has 4 nitrogen and oxygen atoms in total. The third kappa shape index (κ3) is 2.33. The number of rotatable bonds is 3. The minimum absolute atomic E-state index is 0.397. The number of nitrogen functional groups attached to an aromatic ring is 1. The number of pyridine rings is 2. The lowest BCUT2D eigenvalue weighted by molar-refractivity contribution is 0.310. The molecule has 3 aromatic rings. The first kappa shape index (κ1) is 11.5. The Morgan fingerprint density at radius 1 is 0.947 bits per heavy atom. The van der Waals surface area contributed by atoms with Gasteiger partial charge < -0.3 is 10.5 Å². The Balaban J connectivity index is 1.88. The molecule has 0 spiro atoms. The summed E-state index contributed by atoms with van der Waals surface area (Å²) in [5, 5.41) is 0.993. The Labute approximate surface area is 110 Å². The summed E-state index contributed by atoms with van der Waals surface area (Å²) in [4.78, 5) is 8.34. The number of benzene rings is 1. The van der Waals surface area contributed by atoms with Gasteiger partial charge in [-0.3, -0.25) is 4.98 Å². The average Bonchev–Trinajstić information content (AvgIpc) is 2.46. The molecule has 0 atom stereocenters. The van der Waals surface area contributed by atoms with E-state index in [1.165, 1.54) is 0 Å². The summed E-state index contributed by atoms with van der Waals surface area (Å²) in [6.07, 6.45) is 3.44. The van der Waals surface area contributed by atoms with Crippen molar-refractivity contribution in [1.82, 2.24) is 9.97 Å². The molecule has 2 N–H and O–H groups in total. The van der Waals surface area contributed by atoms with Gasteiger partial charge in [0.2, 0.25) is 0 Å². The van der Waals surface area contributed by atoms with E-state index in [2.05, 4.69) is 9.97 Å². The predicted octanol–water partition coefficient (Wildman–Crippen LogP) is 2.79. The number of fused-ring (bicyclic) bond motifs is 1. The molecule has 0 bridgehead atoms. The van der Waals surface area contributed by atoms with Crippen LogP contribution in [0, 0.1) is 0 Å². The lowest BCUT2D eigenvalue weighted by atomic mass is 10.2. The first-order valence-electron chi connectivity index (χ1n) is 6.00. The monoisotopic (exact) mass is 251 g/mol.